The van der Waals surface area contributed by atoms with Gasteiger partial charge in [-0.2, -0.15) is 0 Å². The summed E-state index contributed by atoms with van der Waals surface area (Å²) >= 11 is 0. The third kappa shape index (κ3) is 1.48. The van der Waals surface area contributed by atoms with Crippen LogP contribution < -0.4 is 4.57 Å². The van der Waals surface area contributed by atoms with Crippen molar-refractivity contribution in [3.05, 3.63) is 66.2 Å². The lowest BCUT2D eigenvalue weighted by Crippen LogP contribution is -2.30. The summed E-state index contributed by atoms with van der Waals surface area (Å²) in [6.07, 6.45) is 1.78. The molecule has 3 heterocycles. The molecule has 4 heteroatoms. The summed E-state index contributed by atoms with van der Waals surface area (Å²) in [4.78, 5) is 4.49. The first-order chi connectivity index (χ1) is 12.6. The van der Waals surface area contributed by atoms with Crippen LogP contribution in [0.3, 0.4) is 0 Å². The highest BCUT2D eigenvalue weighted by atomic mass is 19.1. The third-order valence-electron chi connectivity index (χ3n) is 5.54. The summed E-state index contributed by atoms with van der Waals surface area (Å²) in [7, 11) is 2.01. The van der Waals surface area contributed by atoms with Gasteiger partial charge in [0.25, 0.3) is 6.33 Å². The minimum atomic E-state index is -0.262. The van der Waals surface area contributed by atoms with Gasteiger partial charge in [0.1, 0.15) is 11.3 Å². The lowest BCUT2D eigenvalue weighted by Gasteiger charge is -2.12. The van der Waals surface area contributed by atoms with Crippen molar-refractivity contribution >= 4 is 49.1 Å². The number of rotatable bonds is 0. The van der Waals surface area contributed by atoms with E-state index in [1.165, 1.54) is 27.8 Å². The van der Waals surface area contributed by atoms with Gasteiger partial charge in [0.05, 0.1) is 29.0 Å². The van der Waals surface area contributed by atoms with Crippen LogP contribution in [0.1, 0.15) is 5.56 Å². The molecule has 0 amide bonds. The predicted octanol–water partition coefficient (Wildman–Crippen LogP) is 4.66. The summed E-state index contributed by atoms with van der Waals surface area (Å²) in [6.45, 7) is 2.14. The number of benzene rings is 3. The average Bonchev–Trinajstić information content (AvgIpc) is 2.97. The maximum Gasteiger partial charge on any atom is 0.287 e. The van der Waals surface area contributed by atoms with Gasteiger partial charge in [-0.15, -0.1) is 0 Å². The topological polar surface area (TPSA) is 21.2 Å². The van der Waals surface area contributed by atoms with E-state index in [0.29, 0.717) is 5.52 Å². The molecule has 0 fully saturated rings. The maximum atomic E-state index is 14.4. The van der Waals surface area contributed by atoms with Crippen molar-refractivity contribution in [2.45, 2.75) is 6.92 Å². The monoisotopic (exact) mass is 340 g/mol. The summed E-state index contributed by atoms with van der Waals surface area (Å²) in [5.41, 5.74) is 6.10. The van der Waals surface area contributed by atoms with E-state index in [1.807, 2.05) is 17.7 Å². The number of hydrogen-bond donors (Lipinski definition) is 0. The molecule has 0 aliphatic heterocycles. The van der Waals surface area contributed by atoms with Crippen molar-refractivity contribution in [1.29, 1.82) is 0 Å². The van der Waals surface area contributed by atoms with Crippen molar-refractivity contribution < 1.29 is 8.96 Å². The number of hydrogen-bond acceptors (Lipinski definition) is 1. The minimum absolute atomic E-state index is 0.262. The Hall–Kier alpha value is -3.27. The van der Waals surface area contributed by atoms with E-state index in [0.717, 1.165) is 27.5 Å². The Labute approximate surface area is 148 Å². The molecule has 3 aromatic heterocycles. The lowest BCUT2D eigenvalue weighted by atomic mass is 10.0. The van der Waals surface area contributed by atoms with E-state index < -0.39 is 0 Å². The number of para-hydroxylation sites is 1. The van der Waals surface area contributed by atoms with Crippen LogP contribution >= 0.6 is 0 Å². The SMILES string of the molecule is Cc1ccc2c3ccccc3n3c4cc(F)cc5nc[n+](C)c(c1c23)c54. The fourth-order valence-electron chi connectivity index (χ4n) is 4.49. The average molecular weight is 340 g/mol. The van der Waals surface area contributed by atoms with Gasteiger partial charge in [-0.05, 0) is 29.6 Å². The number of fused-ring (bicyclic) bond motifs is 5. The van der Waals surface area contributed by atoms with Crippen LogP contribution in [0.25, 0.3) is 49.1 Å². The number of nitrogens with zero attached hydrogens (tertiary/aromatic N) is 3. The quantitative estimate of drug-likeness (QED) is 0.224. The van der Waals surface area contributed by atoms with Gasteiger partial charge < -0.3 is 4.40 Å². The standard InChI is InChI=1S/C22H15FN3/c1-12-7-8-15-14-5-3-4-6-17(14)26-18-10-13(23)9-16-20(18)22(19(12)21(15)26)25(2)11-24-16/h3-11H,1-2H3/q+1. The van der Waals surface area contributed by atoms with Crippen molar-refractivity contribution in [2.24, 2.45) is 7.05 Å². The summed E-state index contributed by atoms with van der Waals surface area (Å²) in [5.74, 6) is -0.262. The lowest BCUT2D eigenvalue weighted by molar-refractivity contribution is -0.646. The molecule has 26 heavy (non-hydrogen) atoms. The number of aryl methyl sites for hydroxylation is 2. The highest BCUT2D eigenvalue weighted by Gasteiger charge is 2.23. The highest BCUT2D eigenvalue weighted by molar-refractivity contribution is 6.25. The molecule has 0 bridgehead atoms. The van der Waals surface area contributed by atoms with E-state index >= 15 is 0 Å². The van der Waals surface area contributed by atoms with E-state index in [1.54, 1.807) is 12.4 Å². The molecule has 6 aromatic rings. The number of pyridine rings is 1. The number of halogens is 1. The van der Waals surface area contributed by atoms with Crippen LogP contribution in [0.2, 0.25) is 0 Å². The molecule has 0 unspecified atom stereocenters. The summed E-state index contributed by atoms with van der Waals surface area (Å²) < 4.78 is 18.7. The molecule has 0 aliphatic carbocycles. The molecule has 0 atom stereocenters. The van der Waals surface area contributed by atoms with Gasteiger partial charge in [-0.1, -0.05) is 30.3 Å². The van der Waals surface area contributed by atoms with Crippen LogP contribution in [-0.4, -0.2) is 9.38 Å². The van der Waals surface area contributed by atoms with Gasteiger partial charge in [0.2, 0.25) is 0 Å². The van der Waals surface area contributed by atoms with Crippen LogP contribution in [0, 0.1) is 12.7 Å². The van der Waals surface area contributed by atoms with Crippen LogP contribution in [0.4, 0.5) is 4.39 Å². The normalized spacial score (nSPS) is 12.4. The zero-order valence-electron chi connectivity index (χ0n) is 14.4. The molecule has 3 aromatic carbocycles. The van der Waals surface area contributed by atoms with Crippen LogP contribution in [-0.2, 0) is 7.05 Å². The summed E-state index contributed by atoms with van der Waals surface area (Å²) in [5, 5.41) is 4.58. The number of aromatic nitrogens is 3. The third-order valence-corrected chi connectivity index (χ3v) is 5.54. The smallest absolute Gasteiger partial charge is 0.287 e. The van der Waals surface area contributed by atoms with Crippen molar-refractivity contribution in [3.8, 4) is 0 Å². The molecular weight excluding hydrogens is 325 g/mol. The predicted molar refractivity (Wildman–Crippen MR) is 102 cm³/mol. The molecule has 0 radical (unpaired) electrons. The van der Waals surface area contributed by atoms with Gasteiger partial charge in [0.15, 0.2) is 5.52 Å². The molecular formula is C22H15FN3+. The Morgan fingerprint density at radius 1 is 0.962 bits per heavy atom. The second kappa shape index (κ2) is 4.47. The molecule has 124 valence electrons. The van der Waals surface area contributed by atoms with Crippen LogP contribution in [0.15, 0.2) is 54.9 Å². The summed E-state index contributed by atoms with van der Waals surface area (Å²) in [6, 6.07) is 15.8. The Morgan fingerprint density at radius 2 is 1.81 bits per heavy atom. The van der Waals surface area contributed by atoms with E-state index in [9.17, 15) is 4.39 Å². The molecule has 0 N–H and O–H groups in total. The van der Waals surface area contributed by atoms with Crippen molar-refractivity contribution in [3.63, 3.8) is 0 Å². The van der Waals surface area contributed by atoms with Crippen molar-refractivity contribution in [2.75, 3.05) is 0 Å². The Bertz CT molecular complexity index is 1510. The highest BCUT2D eigenvalue weighted by Crippen LogP contribution is 2.40. The van der Waals surface area contributed by atoms with Gasteiger partial charge in [0, 0.05) is 22.2 Å². The zero-order chi connectivity index (χ0) is 17.6. The second-order valence-electron chi connectivity index (χ2n) is 7.03. The van der Waals surface area contributed by atoms with Gasteiger partial charge in [-0.25, -0.2) is 8.96 Å². The molecule has 3 nitrogen and oxygen atoms in total. The van der Waals surface area contributed by atoms with Gasteiger partial charge >= 0.3 is 0 Å². The first kappa shape index (κ1) is 14.0. The molecule has 0 saturated heterocycles. The Kier molecular flexibility index (Phi) is 2.40. The van der Waals surface area contributed by atoms with Gasteiger partial charge in [-0.3, -0.25) is 0 Å². The minimum Gasteiger partial charge on any atom is -0.307 e. The second-order valence-corrected chi connectivity index (χ2v) is 7.03. The maximum absolute atomic E-state index is 14.4. The largest absolute Gasteiger partial charge is 0.307 e. The van der Waals surface area contributed by atoms with E-state index in [2.05, 4.69) is 46.6 Å². The first-order valence-corrected chi connectivity index (χ1v) is 8.66. The van der Waals surface area contributed by atoms with Crippen molar-refractivity contribution in [1.82, 2.24) is 9.38 Å². The van der Waals surface area contributed by atoms with E-state index in [-0.39, 0.29) is 5.82 Å². The first-order valence-electron chi connectivity index (χ1n) is 8.66. The molecule has 6 rings (SSSR count). The fraction of sp³-hybridized carbons (Fsp3) is 0.0909. The Balaban J connectivity index is 2.17. The fourth-order valence-corrected chi connectivity index (χ4v) is 4.49. The van der Waals surface area contributed by atoms with Crippen LogP contribution in [0.5, 0.6) is 0 Å². The molecule has 0 aliphatic rings. The molecule has 0 spiro atoms. The molecule has 0 saturated carbocycles. The Morgan fingerprint density at radius 3 is 2.69 bits per heavy atom. The van der Waals surface area contributed by atoms with E-state index in [4.69, 9.17) is 0 Å². The zero-order valence-corrected chi connectivity index (χ0v) is 14.4.